The van der Waals surface area contributed by atoms with Crippen LogP contribution in [0.2, 0.25) is 0 Å². The summed E-state index contributed by atoms with van der Waals surface area (Å²) in [6.07, 6.45) is -1.05. The number of urea groups is 1. The molecule has 0 aliphatic rings. The smallest absolute Gasteiger partial charge is 0.319 e. The highest BCUT2D eigenvalue weighted by atomic mass is 19.1. The summed E-state index contributed by atoms with van der Waals surface area (Å²) >= 11 is 0. The molecule has 2 rings (SSSR count). The molecule has 0 bridgehead atoms. The van der Waals surface area contributed by atoms with E-state index in [1.165, 1.54) is 6.07 Å². The summed E-state index contributed by atoms with van der Waals surface area (Å²) in [7, 11) is 0. The number of furan rings is 1. The van der Waals surface area contributed by atoms with Crippen LogP contribution in [-0.4, -0.2) is 17.7 Å². The Morgan fingerprint density at radius 1 is 1.29 bits per heavy atom. The lowest BCUT2D eigenvalue weighted by molar-refractivity contribution is 0.148. The maximum atomic E-state index is 13.3. The van der Waals surface area contributed by atoms with Gasteiger partial charge in [-0.25, -0.2) is 13.6 Å². The van der Waals surface area contributed by atoms with Gasteiger partial charge in [-0.2, -0.15) is 0 Å². The van der Waals surface area contributed by atoms with Crippen LogP contribution in [0.5, 0.6) is 0 Å². The average Bonchev–Trinajstić information content (AvgIpc) is 2.87. The molecule has 0 saturated heterocycles. The lowest BCUT2D eigenvalue weighted by Crippen LogP contribution is -2.32. The number of rotatable bonds is 4. The summed E-state index contributed by atoms with van der Waals surface area (Å²) in [6.45, 7) is 1.56. The van der Waals surface area contributed by atoms with E-state index >= 15 is 0 Å². The molecule has 0 fully saturated rings. The largest absolute Gasteiger partial charge is 0.464 e. The van der Waals surface area contributed by atoms with E-state index in [1.54, 1.807) is 19.1 Å². The molecule has 1 aromatic carbocycles. The Bertz CT molecular complexity index is 623. The first kappa shape index (κ1) is 15.0. The van der Waals surface area contributed by atoms with Crippen LogP contribution in [0, 0.1) is 18.6 Å². The van der Waals surface area contributed by atoms with Crippen molar-refractivity contribution in [1.29, 1.82) is 0 Å². The van der Waals surface area contributed by atoms with Gasteiger partial charge in [-0.1, -0.05) is 6.07 Å². The number of aliphatic hydroxyl groups excluding tert-OH is 1. The molecule has 1 heterocycles. The van der Waals surface area contributed by atoms with Crippen molar-refractivity contribution >= 4 is 11.7 Å². The number of para-hydroxylation sites is 1. The number of hydrogen-bond donors (Lipinski definition) is 3. The van der Waals surface area contributed by atoms with E-state index in [0.717, 1.165) is 12.1 Å². The Hall–Kier alpha value is -2.41. The number of hydrogen-bond acceptors (Lipinski definition) is 3. The highest BCUT2D eigenvalue weighted by Crippen LogP contribution is 2.18. The number of amides is 2. The average molecular weight is 296 g/mol. The fourth-order valence-corrected chi connectivity index (χ4v) is 1.70. The Balaban J connectivity index is 1.90. The van der Waals surface area contributed by atoms with Gasteiger partial charge in [0.25, 0.3) is 0 Å². The molecule has 2 aromatic rings. The molecule has 21 heavy (non-hydrogen) atoms. The van der Waals surface area contributed by atoms with Gasteiger partial charge in [0.15, 0.2) is 0 Å². The fraction of sp³-hybridized carbons (Fsp3) is 0.214. The van der Waals surface area contributed by atoms with Crippen LogP contribution >= 0.6 is 0 Å². The lowest BCUT2D eigenvalue weighted by Gasteiger charge is -2.11. The van der Waals surface area contributed by atoms with Gasteiger partial charge >= 0.3 is 6.03 Å². The monoisotopic (exact) mass is 296 g/mol. The van der Waals surface area contributed by atoms with E-state index in [1.807, 2.05) is 5.32 Å². The van der Waals surface area contributed by atoms with Crippen molar-refractivity contribution in [2.24, 2.45) is 0 Å². The third-order valence-electron chi connectivity index (χ3n) is 2.75. The fourth-order valence-electron chi connectivity index (χ4n) is 1.70. The molecule has 5 nitrogen and oxygen atoms in total. The summed E-state index contributed by atoms with van der Waals surface area (Å²) in [4.78, 5) is 11.6. The van der Waals surface area contributed by atoms with Crippen molar-refractivity contribution in [2.45, 2.75) is 13.0 Å². The van der Waals surface area contributed by atoms with Crippen LogP contribution in [0.15, 0.2) is 34.7 Å². The van der Waals surface area contributed by atoms with E-state index in [9.17, 15) is 18.7 Å². The minimum Gasteiger partial charge on any atom is -0.464 e. The third kappa shape index (κ3) is 3.79. The molecule has 0 spiro atoms. The zero-order valence-electron chi connectivity index (χ0n) is 11.2. The Morgan fingerprint density at radius 2 is 1.95 bits per heavy atom. The van der Waals surface area contributed by atoms with Crippen LogP contribution in [0.3, 0.4) is 0 Å². The molecule has 1 aromatic heterocycles. The summed E-state index contributed by atoms with van der Waals surface area (Å²) in [5.41, 5.74) is -0.543. The number of carbonyl (C=O) groups excluding carboxylic acids is 1. The summed E-state index contributed by atoms with van der Waals surface area (Å²) in [6, 6.07) is 5.67. The molecule has 0 aliphatic carbocycles. The van der Waals surface area contributed by atoms with Crippen molar-refractivity contribution in [3.8, 4) is 0 Å². The topological polar surface area (TPSA) is 74.5 Å². The van der Waals surface area contributed by atoms with Crippen LogP contribution in [0.25, 0.3) is 0 Å². The number of benzene rings is 1. The standard InChI is InChI=1S/C14H14F2N2O3/c1-8-5-6-12(21-8)11(19)7-17-14(20)18-13-9(15)3-2-4-10(13)16/h2-6,11,19H,7H2,1H3,(H2,17,18,20). The zero-order chi connectivity index (χ0) is 15.4. The molecule has 3 N–H and O–H groups in total. The number of carbonyl (C=O) groups is 1. The molecule has 0 aliphatic heterocycles. The van der Waals surface area contributed by atoms with E-state index in [2.05, 4.69) is 5.32 Å². The highest BCUT2D eigenvalue weighted by molar-refractivity contribution is 5.89. The summed E-state index contributed by atoms with van der Waals surface area (Å²) in [5, 5.41) is 14.1. The summed E-state index contributed by atoms with van der Waals surface area (Å²) < 4.78 is 31.9. The van der Waals surface area contributed by atoms with Crippen molar-refractivity contribution < 1.29 is 23.1 Å². The van der Waals surface area contributed by atoms with Crippen LogP contribution < -0.4 is 10.6 Å². The van der Waals surface area contributed by atoms with Crippen LogP contribution in [0.4, 0.5) is 19.3 Å². The molecule has 0 radical (unpaired) electrons. The maximum absolute atomic E-state index is 13.3. The van der Waals surface area contributed by atoms with Crippen molar-refractivity contribution in [3.05, 3.63) is 53.5 Å². The minimum absolute atomic E-state index is 0.158. The van der Waals surface area contributed by atoms with Gasteiger partial charge in [0, 0.05) is 0 Å². The normalized spacial score (nSPS) is 12.0. The van der Waals surface area contributed by atoms with Gasteiger partial charge in [0.2, 0.25) is 0 Å². The summed E-state index contributed by atoms with van der Waals surface area (Å²) in [5.74, 6) is -0.841. The predicted octanol–water partition coefficient (Wildman–Crippen LogP) is 2.72. The number of nitrogens with one attached hydrogen (secondary N) is 2. The van der Waals surface area contributed by atoms with Gasteiger partial charge in [0.05, 0.1) is 6.54 Å². The highest BCUT2D eigenvalue weighted by Gasteiger charge is 2.15. The minimum atomic E-state index is -1.05. The predicted molar refractivity (Wildman–Crippen MR) is 71.8 cm³/mol. The molecular weight excluding hydrogens is 282 g/mol. The Morgan fingerprint density at radius 3 is 2.52 bits per heavy atom. The van der Waals surface area contributed by atoms with Gasteiger partial charge in [0.1, 0.15) is 34.9 Å². The van der Waals surface area contributed by atoms with Crippen LogP contribution in [-0.2, 0) is 0 Å². The third-order valence-corrected chi connectivity index (χ3v) is 2.75. The molecule has 1 unspecified atom stereocenters. The van der Waals surface area contributed by atoms with Gasteiger partial charge in [-0.05, 0) is 31.2 Å². The zero-order valence-corrected chi connectivity index (χ0v) is 11.2. The van der Waals surface area contributed by atoms with Gasteiger partial charge in [-0.15, -0.1) is 0 Å². The van der Waals surface area contributed by atoms with E-state index < -0.39 is 29.5 Å². The van der Waals surface area contributed by atoms with Gasteiger partial charge < -0.3 is 20.2 Å². The lowest BCUT2D eigenvalue weighted by atomic mass is 10.2. The first-order valence-corrected chi connectivity index (χ1v) is 6.20. The van der Waals surface area contributed by atoms with Crippen molar-refractivity contribution in [3.63, 3.8) is 0 Å². The second kappa shape index (κ2) is 6.36. The number of halogens is 2. The van der Waals surface area contributed by atoms with Crippen molar-refractivity contribution in [1.82, 2.24) is 5.32 Å². The van der Waals surface area contributed by atoms with E-state index in [4.69, 9.17) is 4.42 Å². The first-order chi connectivity index (χ1) is 9.97. The second-order valence-corrected chi connectivity index (χ2v) is 4.40. The van der Waals surface area contributed by atoms with E-state index in [0.29, 0.717) is 11.5 Å². The molecule has 2 amide bonds. The molecule has 0 saturated carbocycles. The first-order valence-electron chi connectivity index (χ1n) is 6.20. The van der Waals surface area contributed by atoms with Crippen LogP contribution in [0.1, 0.15) is 17.6 Å². The quantitative estimate of drug-likeness (QED) is 0.812. The molecule has 1 atom stereocenters. The second-order valence-electron chi connectivity index (χ2n) is 4.40. The molecular formula is C14H14F2N2O3. The number of anilines is 1. The van der Waals surface area contributed by atoms with Gasteiger partial charge in [-0.3, -0.25) is 0 Å². The van der Waals surface area contributed by atoms with Crippen molar-refractivity contribution in [2.75, 3.05) is 11.9 Å². The number of aryl methyl sites for hydroxylation is 1. The maximum Gasteiger partial charge on any atom is 0.319 e. The van der Waals surface area contributed by atoms with E-state index in [-0.39, 0.29) is 6.54 Å². The Labute approximate surface area is 119 Å². The molecule has 112 valence electrons. The Kier molecular flexibility index (Phi) is 4.54. The SMILES string of the molecule is Cc1ccc(C(O)CNC(=O)Nc2c(F)cccc2F)o1. The number of aliphatic hydroxyl groups is 1. The molecule has 7 heteroatoms.